The van der Waals surface area contributed by atoms with E-state index in [0.29, 0.717) is 23.7 Å². The van der Waals surface area contributed by atoms with Gasteiger partial charge in [0.05, 0.1) is 37.4 Å². The molecule has 1 aromatic rings. The summed E-state index contributed by atoms with van der Waals surface area (Å²) in [6.45, 7) is 6.87. The number of hydrogen-bond donors (Lipinski definition) is 0. The van der Waals surface area contributed by atoms with Gasteiger partial charge >= 0.3 is 11.9 Å². The summed E-state index contributed by atoms with van der Waals surface area (Å²) >= 11 is 0. The maximum absolute atomic E-state index is 13.1. The zero-order valence-electron chi connectivity index (χ0n) is 20.9. The highest BCUT2D eigenvalue weighted by atomic mass is 35.5. The van der Waals surface area contributed by atoms with Crippen molar-refractivity contribution in [1.82, 2.24) is 4.90 Å². The third-order valence-electron chi connectivity index (χ3n) is 8.31. The Hall–Kier alpha value is -2.05. The largest absolute Gasteiger partial charge is 0.466 e. The van der Waals surface area contributed by atoms with E-state index < -0.39 is 17.5 Å². The molecule has 1 aliphatic carbocycles. The summed E-state index contributed by atoms with van der Waals surface area (Å²) in [6, 6.07) is 10.7. The summed E-state index contributed by atoms with van der Waals surface area (Å²) in [6.07, 6.45) is 6.70. The lowest BCUT2D eigenvalue weighted by Gasteiger charge is -2.49. The highest BCUT2D eigenvalue weighted by Gasteiger charge is 2.53. The molecular weight excluding hydrogens is 452 g/mol. The normalized spacial score (nSPS) is 24.8. The van der Waals surface area contributed by atoms with Crippen LogP contribution in [-0.2, 0) is 19.1 Å². The van der Waals surface area contributed by atoms with Gasteiger partial charge in [-0.1, -0.05) is 32.0 Å². The van der Waals surface area contributed by atoms with Crippen molar-refractivity contribution < 1.29 is 19.1 Å². The van der Waals surface area contributed by atoms with Crippen LogP contribution < -0.4 is 4.90 Å². The molecule has 0 radical (unpaired) electrons. The molecule has 2 heterocycles. The van der Waals surface area contributed by atoms with E-state index in [9.17, 15) is 9.59 Å². The second-order valence-electron chi connectivity index (χ2n) is 10.1. The summed E-state index contributed by atoms with van der Waals surface area (Å²) in [5.41, 5.74) is 1.38. The molecule has 4 rings (SSSR count). The van der Waals surface area contributed by atoms with Crippen LogP contribution >= 0.6 is 12.4 Å². The van der Waals surface area contributed by atoms with Gasteiger partial charge in [0, 0.05) is 24.8 Å². The predicted octanol–water partition coefficient (Wildman–Crippen LogP) is 4.62. The van der Waals surface area contributed by atoms with Gasteiger partial charge in [-0.2, -0.15) is 0 Å². The molecule has 1 saturated heterocycles. The van der Waals surface area contributed by atoms with E-state index in [1.54, 1.807) is 0 Å². The smallest absolute Gasteiger partial charge is 0.336 e. The topological polar surface area (TPSA) is 59.1 Å². The van der Waals surface area contributed by atoms with E-state index in [-0.39, 0.29) is 12.4 Å². The number of methoxy groups -OCH3 is 2. The summed E-state index contributed by atoms with van der Waals surface area (Å²) < 4.78 is 10.3. The molecule has 0 atom stereocenters. The zero-order valence-corrected chi connectivity index (χ0v) is 21.7. The van der Waals surface area contributed by atoms with Gasteiger partial charge in [0.25, 0.3) is 0 Å². The van der Waals surface area contributed by atoms with Crippen molar-refractivity contribution in [2.45, 2.75) is 64.0 Å². The number of carbonyl (C=O) groups excluding carboxylic acids is 2. The lowest BCUT2D eigenvalue weighted by molar-refractivity contribution is -0.139. The van der Waals surface area contributed by atoms with Crippen molar-refractivity contribution >= 4 is 30.0 Å². The Balaban J connectivity index is 0.00000324. The number of rotatable bonds is 5. The van der Waals surface area contributed by atoms with Gasteiger partial charge in [-0.15, -0.1) is 12.4 Å². The number of nitrogens with zero attached hydrogens (tertiary/aromatic N) is 2. The Kier molecular flexibility index (Phi) is 8.69. The first-order valence-electron chi connectivity index (χ1n) is 12.4. The molecule has 2 aliphatic heterocycles. The van der Waals surface area contributed by atoms with Crippen molar-refractivity contribution in [2.75, 3.05) is 38.8 Å². The fourth-order valence-corrected chi connectivity index (χ4v) is 6.37. The van der Waals surface area contributed by atoms with Gasteiger partial charge < -0.3 is 19.3 Å². The van der Waals surface area contributed by atoms with Crippen LogP contribution in [0.1, 0.15) is 52.4 Å². The Morgan fingerprint density at radius 1 is 0.941 bits per heavy atom. The minimum Gasteiger partial charge on any atom is -0.466 e. The average molecular weight is 491 g/mol. The van der Waals surface area contributed by atoms with Crippen LogP contribution in [0.2, 0.25) is 0 Å². The molecule has 0 N–H and O–H groups in total. The third-order valence-corrected chi connectivity index (χ3v) is 8.31. The Morgan fingerprint density at radius 2 is 1.53 bits per heavy atom. The second-order valence-corrected chi connectivity index (χ2v) is 10.1. The number of carbonyl (C=O) groups is 2. The number of piperidine rings is 1. The van der Waals surface area contributed by atoms with Crippen molar-refractivity contribution in [3.8, 4) is 0 Å². The van der Waals surface area contributed by atoms with Crippen LogP contribution in [-0.4, -0.2) is 62.3 Å². The monoisotopic (exact) mass is 490 g/mol. The van der Waals surface area contributed by atoms with Crippen LogP contribution in [0.15, 0.2) is 41.5 Å². The minimum atomic E-state index is -0.552. The van der Waals surface area contributed by atoms with Gasteiger partial charge in [-0.3, -0.25) is 0 Å². The fourth-order valence-electron chi connectivity index (χ4n) is 6.37. The fraction of sp³-hybridized carbons (Fsp3) is 0.630. The van der Waals surface area contributed by atoms with E-state index in [0.717, 1.165) is 43.5 Å². The van der Waals surface area contributed by atoms with E-state index in [4.69, 9.17) is 9.47 Å². The number of ether oxygens (including phenoxy) is 2. The maximum atomic E-state index is 13.1. The van der Waals surface area contributed by atoms with Gasteiger partial charge in [-0.05, 0) is 62.5 Å². The van der Waals surface area contributed by atoms with Crippen LogP contribution in [0.5, 0.6) is 0 Å². The molecule has 1 saturated carbocycles. The molecular formula is C27H39ClN2O4. The van der Waals surface area contributed by atoms with Crippen LogP contribution in [0.4, 0.5) is 5.69 Å². The molecule has 0 amide bonds. The van der Waals surface area contributed by atoms with Crippen molar-refractivity contribution in [2.24, 2.45) is 11.8 Å². The summed E-state index contributed by atoms with van der Waals surface area (Å²) in [5, 5.41) is 0. The molecule has 2 fully saturated rings. The molecule has 1 spiro atoms. The summed E-state index contributed by atoms with van der Waals surface area (Å²) in [5.74, 6) is 0.748. The highest BCUT2D eigenvalue weighted by molar-refractivity contribution is 6.05. The van der Waals surface area contributed by atoms with E-state index >= 15 is 0 Å². The molecule has 188 valence electrons. The first kappa shape index (κ1) is 26.6. The number of benzene rings is 1. The quantitative estimate of drug-likeness (QED) is 0.561. The first-order chi connectivity index (χ1) is 15.9. The molecule has 1 aromatic carbocycles. The minimum absolute atomic E-state index is 0. The highest BCUT2D eigenvalue weighted by Crippen LogP contribution is 2.46. The van der Waals surface area contributed by atoms with Gasteiger partial charge in [-0.25, -0.2) is 9.59 Å². The Bertz CT molecular complexity index is 885. The molecule has 3 aliphatic rings. The number of esters is 2. The number of halogens is 1. The second kappa shape index (κ2) is 11.1. The number of hydrogen-bond acceptors (Lipinski definition) is 6. The van der Waals surface area contributed by atoms with Gasteiger partial charge in [0.2, 0.25) is 0 Å². The van der Waals surface area contributed by atoms with E-state index in [2.05, 4.69) is 35.8 Å². The third kappa shape index (κ3) is 4.85. The molecule has 0 aromatic heterocycles. The lowest BCUT2D eigenvalue weighted by Crippen LogP contribution is -2.57. The first-order valence-corrected chi connectivity index (χ1v) is 12.4. The van der Waals surface area contributed by atoms with E-state index in [1.807, 2.05) is 18.2 Å². The van der Waals surface area contributed by atoms with Crippen molar-refractivity contribution in [1.29, 1.82) is 0 Å². The maximum Gasteiger partial charge on any atom is 0.336 e. The van der Waals surface area contributed by atoms with E-state index in [1.165, 1.54) is 39.9 Å². The molecule has 6 nitrogen and oxygen atoms in total. The average Bonchev–Trinajstić information content (AvgIpc) is 3.18. The molecule has 0 bridgehead atoms. The van der Waals surface area contributed by atoms with Crippen LogP contribution in [0, 0.1) is 11.8 Å². The van der Waals surface area contributed by atoms with Crippen LogP contribution in [0.3, 0.4) is 0 Å². The predicted molar refractivity (Wildman–Crippen MR) is 136 cm³/mol. The standard InChI is InChI=1S/C27H38N2O4.ClH/c1-19(2)20-10-12-21(13-11-20)28-16-14-27(15-17-28)24(26(31)33-4)23(25(30)32-3)18-29(27)22-8-6-5-7-9-22;/h5-9,19-21H,10-18H2,1-4H3;1H/t20-,21+;. The summed E-state index contributed by atoms with van der Waals surface area (Å²) in [7, 11) is 2.77. The molecule has 34 heavy (non-hydrogen) atoms. The molecule has 7 heteroatoms. The molecule has 0 unspecified atom stereocenters. The van der Waals surface area contributed by atoms with Crippen molar-refractivity contribution in [3.63, 3.8) is 0 Å². The zero-order chi connectivity index (χ0) is 23.6. The Labute approximate surface area is 210 Å². The SMILES string of the molecule is COC(=O)C1=C(C(=O)OC)C2(CCN([C@H]3CC[C@@H](C(C)C)CC3)CC2)N(c2ccccc2)C1.Cl. The van der Waals surface area contributed by atoms with Crippen molar-refractivity contribution in [3.05, 3.63) is 41.5 Å². The lowest BCUT2D eigenvalue weighted by atomic mass is 9.76. The number of anilines is 1. The van der Waals surface area contributed by atoms with Gasteiger partial charge in [0.15, 0.2) is 0 Å². The van der Waals surface area contributed by atoms with Crippen LogP contribution in [0.25, 0.3) is 0 Å². The van der Waals surface area contributed by atoms with Gasteiger partial charge in [0.1, 0.15) is 0 Å². The summed E-state index contributed by atoms with van der Waals surface area (Å²) in [4.78, 5) is 30.6. The Morgan fingerprint density at radius 3 is 2.06 bits per heavy atom. The number of likely N-dealkylation sites (tertiary alicyclic amines) is 1. The number of para-hydroxylation sites is 1.